The predicted molar refractivity (Wildman–Crippen MR) is 101 cm³/mol. The van der Waals surface area contributed by atoms with E-state index in [1.165, 1.54) is 36.9 Å². The Balaban J connectivity index is 1.90. The van der Waals surface area contributed by atoms with Crippen molar-refractivity contribution in [2.75, 3.05) is 25.6 Å². The Morgan fingerprint density at radius 3 is 2.59 bits per heavy atom. The molecule has 0 unspecified atom stereocenters. The third-order valence-corrected chi connectivity index (χ3v) is 5.01. The SMILES string of the molecule is COCCOC(=O)c1sc2ncnc(Nc3ccc(C(=O)O)cc3)c2c1C. The molecular formula is C18H17N3O5S. The zero-order valence-corrected chi connectivity index (χ0v) is 15.5. The number of aryl methyl sites for hydroxylation is 1. The van der Waals surface area contributed by atoms with Gasteiger partial charge in [-0.25, -0.2) is 19.6 Å². The lowest BCUT2D eigenvalue weighted by molar-refractivity contribution is 0.0392. The van der Waals surface area contributed by atoms with Crippen LogP contribution in [0.1, 0.15) is 25.6 Å². The van der Waals surface area contributed by atoms with Crippen molar-refractivity contribution in [2.45, 2.75) is 6.92 Å². The van der Waals surface area contributed by atoms with Gasteiger partial charge >= 0.3 is 11.9 Å². The molecule has 3 aromatic rings. The van der Waals surface area contributed by atoms with Gasteiger partial charge in [-0.3, -0.25) is 0 Å². The van der Waals surface area contributed by atoms with Gasteiger partial charge in [0.2, 0.25) is 0 Å². The maximum atomic E-state index is 12.3. The van der Waals surface area contributed by atoms with Crippen LogP contribution in [-0.2, 0) is 9.47 Å². The lowest BCUT2D eigenvalue weighted by Crippen LogP contribution is -2.09. The summed E-state index contributed by atoms with van der Waals surface area (Å²) in [6.07, 6.45) is 1.41. The Morgan fingerprint density at radius 1 is 1.19 bits per heavy atom. The molecule has 0 aliphatic heterocycles. The molecule has 2 N–H and O–H groups in total. The number of nitrogens with one attached hydrogen (secondary N) is 1. The Kier molecular flexibility index (Phi) is 5.63. The zero-order chi connectivity index (χ0) is 19.4. The molecule has 3 rings (SSSR count). The number of rotatable bonds is 7. The highest BCUT2D eigenvalue weighted by molar-refractivity contribution is 7.20. The molecule has 1 aromatic carbocycles. The van der Waals surface area contributed by atoms with Crippen LogP contribution in [0.3, 0.4) is 0 Å². The van der Waals surface area contributed by atoms with Crippen molar-refractivity contribution in [3.8, 4) is 0 Å². The molecular weight excluding hydrogens is 370 g/mol. The Morgan fingerprint density at radius 2 is 1.93 bits per heavy atom. The van der Waals surface area contributed by atoms with E-state index in [2.05, 4.69) is 15.3 Å². The molecule has 0 bridgehead atoms. The molecule has 2 heterocycles. The average molecular weight is 387 g/mol. The smallest absolute Gasteiger partial charge is 0.348 e. The number of carbonyl (C=O) groups excluding carboxylic acids is 1. The molecule has 0 atom stereocenters. The van der Waals surface area contributed by atoms with Crippen molar-refractivity contribution >= 4 is 45.0 Å². The largest absolute Gasteiger partial charge is 0.478 e. The number of esters is 1. The second-order valence-corrected chi connectivity index (χ2v) is 6.59. The van der Waals surface area contributed by atoms with Gasteiger partial charge < -0.3 is 19.9 Å². The maximum Gasteiger partial charge on any atom is 0.348 e. The van der Waals surface area contributed by atoms with Crippen LogP contribution in [0, 0.1) is 6.92 Å². The number of aromatic carboxylic acids is 1. The lowest BCUT2D eigenvalue weighted by Gasteiger charge is -2.08. The number of hydrogen-bond donors (Lipinski definition) is 2. The number of fused-ring (bicyclic) bond motifs is 1. The first-order chi connectivity index (χ1) is 13.0. The minimum Gasteiger partial charge on any atom is -0.478 e. The number of benzene rings is 1. The van der Waals surface area contributed by atoms with E-state index >= 15 is 0 Å². The van der Waals surface area contributed by atoms with Crippen molar-refractivity contribution in [1.82, 2.24) is 9.97 Å². The highest BCUT2D eigenvalue weighted by Gasteiger charge is 2.20. The number of methoxy groups -OCH3 is 1. The highest BCUT2D eigenvalue weighted by atomic mass is 32.1. The molecule has 0 amide bonds. The first-order valence-corrected chi connectivity index (χ1v) is 8.83. The van der Waals surface area contributed by atoms with E-state index in [-0.39, 0.29) is 12.2 Å². The van der Waals surface area contributed by atoms with Gasteiger partial charge in [-0.1, -0.05) is 0 Å². The van der Waals surface area contributed by atoms with Crippen LogP contribution in [0.5, 0.6) is 0 Å². The summed E-state index contributed by atoms with van der Waals surface area (Å²) in [5.41, 5.74) is 1.60. The van der Waals surface area contributed by atoms with E-state index in [4.69, 9.17) is 14.6 Å². The molecule has 27 heavy (non-hydrogen) atoms. The monoisotopic (exact) mass is 387 g/mol. The van der Waals surface area contributed by atoms with E-state index < -0.39 is 11.9 Å². The highest BCUT2D eigenvalue weighted by Crippen LogP contribution is 2.34. The number of hydrogen-bond acceptors (Lipinski definition) is 8. The summed E-state index contributed by atoms with van der Waals surface area (Å²) in [6, 6.07) is 6.31. The van der Waals surface area contributed by atoms with E-state index in [0.29, 0.717) is 27.8 Å². The number of nitrogens with zero attached hydrogens (tertiary/aromatic N) is 2. The molecule has 0 aliphatic carbocycles. The summed E-state index contributed by atoms with van der Waals surface area (Å²) >= 11 is 1.24. The van der Waals surface area contributed by atoms with Crippen LogP contribution < -0.4 is 5.32 Å². The third kappa shape index (κ3) is 4.04. The maximum absolute atomic E-state index is 12.3. The normalized spacial score (nSPS) is 10.7. The van der Waals surface area contributed by atoms with E-state index in [9.17, 15) is 9.59 Å². The van der Waals surface area contributed by atoms with Gasteiger partial charge in [0.15, 0.2) is 0 Å². The third-order valence-electron chi connectivity index (χ3n) is 3.83. The number of carboxylic acids is 1. The van der Waals surface area contributed by atoms with E-state index in [1.807, 2.05) is 6.92 Å². The van der Waals surface area contributed by atoms with Crippen molar-refractivity contribution in [1.29, 1.82) is 0 Å². The topological polar surface area (TPSA) is 111 Å². The van der Waals surface area contributed by atoms with Crippen molar-refractivity contribution < 1.29 is 24.2 Å². The van der Waals surface area contributed by atoms with Crippen molar-refractivity contribution in [3.63, 3.8) is 0 Å². The first-order valence-electron chi connectivity index (χ1n) is 8.01. The molecule has 0 fully saturated rings. The molecule has 0 spiro atoms. The van der Waals surface area contributed by atoms with Gasteiger partial charge in [-0.05, 0) is 36.8 Å². The minimum absolute atomic E-state index is 0.176. The summed E-state index contributed by atoms with van der Waals surface area (Å²) in [5, 5.41) is 12.9. The van der Waals surface area contributed by atoms with Gasteiger partial charge in [0.05, 0.1) is 17.6 Å². The Labute approximate surface area is 158 Å². The standard InChI is InChI=1S/C18H17N3O5S/c1-10-13-15(21-12-5-3-11(4-6-12)17(22)23)19-9-20-16(13)27-14(10)18(24)26-8-7-25-2/h3-6,9H,7-8H2,1-2H3,(H,22,23)(H,19,20,21). The number of carbonyl (C=O) groups is 2. The fourth-order valence-corrected chi connectivity index (χ4v) is 3.52. The average Bonchev–Trinajstić information content (AvgIpc) is 3.00. The number of thiophene rings is 1. The van der Waals surface area contributed by atoms with Crippen molar-refractivity contribution in [3.05, 3.63) is 46.6 Å². The van der Waals surface area contributed by atoms with E-state index in [1.54, 1.807) is 12.1 Å². The number of ether oxygens (including phenoxy) is 2. The predicted octanol–water partition coefficient (Wildman–Crippen LogP) is 3.24. The van der Waals surface area contributed by atoms with Crippen LogP contribution in [0.4, 0.5) is 11.5 Å². The van der Waals surface area contributed by atoms with Crippen LogP contribution in [0.15, 0.2) is 30.6 Å². The molecule has 140 valence electrons. The van der Waals surface area contributed by atoms with Crippen LogP contribution in [-0.4, -0.2) is 47.3 Å². The van der Waals surface area contributed by atoms with Crippen LogP contribution in [0.2, 0.25) is 0 Å². The zero-order valence-electron chi connectivity index (χ0n) is 14.7. The molecule has 2 aromatic heterocycles. The molecule has 0 saturated carbocycles. The molecule has 8 nitrogen and oxygen atoms in total. The summed E-state index contributed by atoms with van der Waals surface area (Å²) < 4.78 is 10.1. The van der Waals surface area contributed by atoms with Crippen LogP contribution in [0.25, 0.3) is 10.2 Å². The number of anilines is 2. The first kappa shape index (κ1) is 18.7. The van der Waals surface area contributed by atoms with Gasteiger partial charge in [0, 0.05) is 12.8 Å². The lowest BCUT2D eigenvalue weighted by atomic mass is 10.2. The fraction of sp³-hybridized carbons (Fsp3) is 0.222. The van der Waals surface area contributed by atoms with Crippen molar-refractivity contribution in [2.24, 2.45) is 0 Å². The molecule has 0 aliphatic rings. The fourth-order valence-electron chi connectivity index (χ4n) is 2.48. The quantitative estimate of drug-likeness (QED) is 0.469. The number of carboxylic acid groups (broad SMARTS) is 1. The van der Waals surface area contributed by atoms with Gasteiger partial charge in [0.1, 0.15) is 28.5 Å². The summed E-state index contributed by atoms with van der Waals surface area (Å²) in [4.78, 5) is 32.9. The minimum atomic E-state index is -0.990. The summed E-state index contributed by atoms with van der Waals surface area (Å²) in [6.45, 7) is 2.32. The molecule has 0 radical (unpaired) electrons. The molecule has 0 saturated heterocycles. The van der Waals surface area contributed by atoms with Gasteiger partial charge in [-0.2, -0.15) is 0 Å². The Bertz CT molecular complexity index is 985. The summed E-state index contributed by atoms with van der Waals surface area (Å²) in [5.74, 6) is -0.881. The number of aromatic nitrogens is 2. The second kappa shape index (κ2) is 8.11. The van der Waals surface area contributed by atoms with Crippen LogP contribution >= 0.6 is 11.3 Å². The second-order valence-electron chi connectivity index (χ2n) is 5.59. The molecule has 9 heteroatoms. The summed E-state index contributed by atoms with van der Waals surface area (Å²) in [7, 11) is 1.54. The Hall–Kier alpha value is -3.04. The van der Waals surface area contributed by atoms with Gasteiger partial charge in [0.25, 0.3) is 0 Å². The van der Waals surface area contributed by atoms with Gasteiger partial charge in [-0.15, -0.1) is 11.3 Å². The van der Waals surface area contributed by atoms with E-state index in [0.717, 1.165) is 10.9 Å².